The molecule has 3 aromatic rings. The molecule has 1 amide bonds. The molecule has 158 valence electrons. The van der Waals surface area contributed by atoms with Gasteiger partial charge in [-0.15, -0.1) is 0 Å². The molecule has 4 rings (SSSR count). The van der Waals surface area contributed by atoms with Crippen LogP contribution in [0.15, 0.2) is 46.9 Å². The Kier molecular flexibility index (Phi) is 6.28. The minimum Gasteiger partial charge on any atom is -0.493 e. The Morgan fingerprint density at radius 1 is 1.30 bits per heavy atom. The fourth-order valence-corrected chi connectivity index (χ4v) is 3.74. The molecule has 0 spiro atoms. The van der Waals surface area contributed by atoms with Crippen LogP contribution in [0.25, 0.3) is 11.1 Å². The molecular formula is C23H25FN2O4. The number of nitrogens with zero attached hydrogens (tertiary/aromatic N) is 2. The van der Waals surface area contributed by atoms with E-state index >= 15 is 0 Å². The Balaban J connectivity index is 1.39. The fourth-order valence-electron chi connectivity index (χ4n) is 3.74. The van der Waals surface area contributed by atoms with Crippen LogP contribution in [-0.4, -0.2) is 49.2 Å². The van der Waals surface area contributed by atoms with Gasteiger partial charge in [0, 0.05) is 44.2 Å². The molecule has 7 heteroatoms. The summed E-state index contributed by atoms with van der Waals surface area (Å²) >= 11 is 0. The quantitative estimate of drug-likeness (QED) is 0.585. The number of aromatic nitrogens is 1. The topological polar surface area (TPSA) is 64.8 Å². The largest absolute Gasteiger partial charge is 0.493 e. The Morgan fingerprint density at radius 2 is 2.20 bits per heavy atom. The van der Waals surface area contributed by atoms with E-state index in [1.807, 2.05) is 11.0 Å². The number of ether oxygens (including phenoxy) is 2. The molecule has 1 aliphatic heterocycles. The first kappa shape index (κ1) is 20.3. The zero-order valence-electron chi connectivity index (χ0n) is 17.0. The number of benzene rings is 2. The van der Waals surface area contributed by atoms with Crippen molar-refractivity contribution < 1.29 is 23.1 Å². The standard InChI is InChI=1S/C23H25FN2O4/c1-28-11-9-22-25-20-8-7-17(12-21(20)30-22)23(27)26-10-3-4-16(14-26)15-29-19-6-2-5-18(24)13-19/h2,5-8,12-13,16H,3-4,9-11,14-15H2,1H3. The molecule has 1 saturated heterocycles. The molecule has 0 N–H and O–H groups in total. The van der Waals surface area contributed by atoms with Crippen LogP contribution in [0.1, 0.15) is 29.1 Å². The van der Waals surface area contributed by atoms with Gasteiger partial charge in [-0.25, -0.2) is 9.37 Å². The molecule has 0 bridgehead atoms. The van der Waals surface area contributed by atoms with Crippen LogP contribution in [0.3, 0.4) is 0 Å². The van der Waals surface area contributed by atoms with Crippen LogP contribution in [0.4, 0.5) is 4.39 Å². The Hall–Kier alpha value is -2.93. The number of fused-ring (bicyclic) bond motifs is 1. The average Bonchev–Trinajstić information content (AvgIpc) is 3.18. The smallest absolute Gasteiger partial charge is 0.254 e. The normalized spacial score (nSPS) is 16.7. The third-order valence-corrected chi connectivity index (χ3v) is 5.29. The molecule has 1 aliphatic rings. The maximum absolute atomic E-state index is 13.3. The van der Waals surface area contributed by atoms with Crippen molar-refractivity contribution in [1.29, 1.82) is 0 Å². The Bertz CT molecular complexity index is 1020. The first-order chi connectivity index (χ1) is 14.6. The van der Waals surface area contributed by atoms with Crippen molar-refractivity contribution in [2.24, 2.45) is 5.92 Å². The monoisotopic (exact) mass is 412 g/mol. The van der Waals surface area contributed by atoms with E-state index in [0.717, 1.165) is 18.4 Å². The lowest BCUT2D eigenvalue weighted by Gasteiger charge is -2.32. The van der Waals surface area contributed by atoms with Gasteiger partial charge in [-0.3, -0.25) is 4.79 Å². The molecular weight excluding hydrogens is 387 g/mol. The average molecular weight is 412 g/mol. The summed E-state index contributed by atoms with van der Waals surface area (Å²) in [6, 6.07) is 11.5. The van der Waals surface area contributed by atoms with E-state index in [1.165, 1.54) is 12.1 Å². The van der Waals surface area contributed by atoms with Crippen molar-refractivity contribution in [1.82, 2.24) is 9.88 Å². The highest BCUT2D eigenvalue weighted by molar-refractivity contribution is 5.97. The van der Waals surface area contributed by atoms with Gasteiger partial charge in [0.25, 0.3) is 5.91 Å². The first-order valence-corrected chi connectivity index (χ1v) is 10.2. The molecule has 0 radical (unpaired) electrons. The van der Waals surface area contributed by atoms with Crippen molar-refractivity contribution >= 4 is 17.0 Å². The molecule has 30 heavy (non-hydrogen) atoms. The summed E-state index contributed by atoms with van der Waals surface area (Å²) in [4.78, 5) is 19.3. The second-order valence-corrected chi connectivity index (χ2v) is 7.56. The van der Waals surface area contributed by atoms with Gasteiger partial charge in [0.1, 0.15) is 17.1 Å². The zero-order valence-corrected chi connectivity index (χ0v) is 17.0. The first-order valence-electron chi connectivity index (χ1n) is 10.2. The van der Waals surface area contributed by atoms with Crippen molar-refractivity contribution in [3.05, 3.63) is 59.7 Å². The lowest BCUT2D eigenvalue weighted by molar-refractivity contribution is 0.0633. The van der Waals surface area contributed by atoms with Crippen LogP contribution in [0, 0.1) is 11.7 Å². The molecule has 2 heterocycles. The summed E-state index contributed by atoms with van der Waals surface area (Å²) in [5.41, 5.74) is 1.93. The van der Waals surface area contributed by atoms with Crippen LogP contribution in [0.2, 0.25) is 0 Å². The minimum absolute atomic E-state index is 0.0257. The number of piperidine rings is 1. The predicted molar refractivity (Wildman–Crippen MR) is 110 cm³/mol. The summed E-state index contributed by atoms with van der Waals surface area (Å²) in [6.07, 6.45) is 2.48. The van der Waals surface area contributed by atoms with Crippen molar-refractivity contribution in [2.75, 3.05) is 33.4 Å². The summed E-state index contributed by atoms with van der Waals surface area (Å²) in [5, 5.41) is 0. The molecule has 1 unspecified atom stereocenters. The van der Waals surface area contributed by atoms with Crippen LogP contribution >= 0.6 is 0 Å². The highest BCUT2D eigenvalue weighted by Crippen LogP contribution is 2.23. The molecule has 1 fully saturated rings. The van der Waals surface area contributed by atoms with Gasteiger partial charge in [-0.05, 0) is 43.2 Å². The van der Waals surface area contributed by atoms with Gasteiger partial charge < -0.3 is 18.8 Å². The maximum Gasteiger partial charge on any atom is 0.254 e. The van der Waals surface area contributed by atoms with Gasteiger partial charge in [0.2, 0.25) is 0 Å². The molecule has 0 aliphatic carbocycles. The predicted octanol–water partition coefficient (Wildman–Crippen LogP) is 4.09. The SMILES string of the molecule is COCCc1nc2ccc(C(=O)N3CCCC(COc4cccc(F)c4)C3)cc2o1. The second kappa shape index (κ2) is 9.26. The van der Waals surface area contributed by atoms with Gasteiger partial charge in [-0.1, -0.05) is 6.07 Å². The number of rotatable bonds is 7. The van der Waals surface area contributed by atoms with E-state index in [1.54, 1.807) is 31.4 Å². The van der Waals surface area contributed by atoms with E-state index in [2.05, 4.69) is 4.98 Å². The van der Waals surface area contributed by atoms with Crippen molar-refractivity contribution in [3.8, 4) is 5.75 Å². The van der Waals surface area contributed by atoms with Crippen LogP contribution in [-0.2, 0) is 11.2 Å². The third-order valence-electron chi connectivity index (χ3n) is 5.29. The number of halogens is 1. The number of likely N-dealkylation sites (tertiary alicyclic amines) is 1. The number of carbonyl (C=O) groups excluding carboxylic acids is 1. The van der Waals surface area contributed by atoms with Crippen molar-refractivity contribution in [2.45, 2.75) is 19.3 Å². The van der Waals surface area contributed by atoms with Gasteiger partial charge in [0.05, 0.1) is 13.2 Å². The van der Waals surface area contributed by atoms with E-state index < -0.39 is 0 Å². The zero-order chi connectivity index (χ0) is 20.9. The van der Waals surface area contributed by atoms with Crippen LogP contribution < -0.4 is 4.74 Å². The minimum atomic E-state index is -0.318. The Morgan fingerprint density at radius 3 is 3.03 bits per heavy atom. The van der Waals surface area contributed by atoms with Crippen LogP contribution in [0.5, 0.6) is 5.75 Å². The number of hydrogen-bond donors (Lipinski definition) is 0. The van der Waals surface area contributed by atoms with E-state index in [9.17, 15) is 9.18 Å². The molecule has 1 aromatic heterocycles. The molecule has 0 saturated carbocycles. The number of oxazole rings is 1. The van der Waals surface area contributed by atoms with Crippen molar-refractivity contribution in [3.63, 3.8) is 0 Å². The molecule has 1 atom stereocenters. The number of amides is 1. The molecule has 6 nitrogen and oxygen atoms in total. The summed E-state index contributed by atoms with van der Waals surface area (Å²) in [7, 11) is 1.63. The Labute approximate surface area is 174 Å². The number of methoxy groups -OCH3 is 1. The highest BCUT2D eigenvalue weighted by Gasteiger charge is 2.25. The molecule has 2 aromatic carbocycles. The number of hydrogen-bond acceptors (Lipinski definition) is 5. The summed E-state index contributed by atoms with van der Waals surface area (Å²) in [6.45, 7) is 2.31. The van der Waals surface area contributed by atoms with Gasteiger partial charge in [0.15, 0.2) is 11.5 Å². The van der Waals surface area contributed by atoms with Gasteiger partial charge in [-0.2, -0.15) is 0 Å². The number of carbonyl (C=O) groups is 1. The van der Waals surface area contributed by atoms with Gasteiger partial charge >= 0.3 is 0 Å². The maximum atomic E-state index is 13.3. The lowest BCUT2D eigenvalue weighted by Crippen LogP contribution is -2.41. The highest BCUT2D eigenvalue weighted by atomic mass is 19.1. The van der Waals surface area contributed by atoms with E-state index in [0.29, 0.717) is 55.5 Å². The lowest BCUT2D eigenvalue weighted by atomic mass is 9.98. The van der Waals surface area contributed by atoms with E-state index in [4.69, 9.17) is 13.9 Å². The van der Waals surface area contributed by atoms with E-state index in [-0.39, 0.29) is 17.6 Å². The summed E-state index contributed by atoms with van der Waals surface area (Å²) in [5.74, 6) is 0.978. The second-order valence-electron chi connectivity index (χ2n) is 7.56. The fraction of sp³-hybridized carbons (Fsp3) is 0.391. The third kappa shape index (κ3) is 4.79. The summed E-state index contributed by atoms with van der Waals surface area (Å²) < 4.78 is 29.9.